The molecule has 1 aromatic heterocycles. The molecule has 1 saturated heterocycles. The van der Waals surface area contributed by atoms with Gasteiger partial charge in [-0.25, -0.2) is 0 Å². The van der Waals surface area contributed by atoms with Gasteiger partial charge in [-0.05, 0) is 32.0 Å². The van der Waals surface area contributed by atoms with Crippen molar-refractivity contribution in [2.75, 3.05) is 36.5 Å². The van der Waals surface area contributed by atoms with Crippen LogP contribution in [0.4, 0.5) is 11.4 Å². The first-order valence-electron chi connectivity index (χ1n) is 7.42. The quantitative estimate of drug-likeness (QED) is 0.886. The van der Waals surface area contributed by atoms with Gasteiger partial charge in [-0.2, -0.15) is 0 Å². The van der Waals surface area contributed by atoms with E-state index in [4.69, 9.17) is 9.26 Å². The van der Waals surface area contributed by atoms with Crippen LogP contribution in [0.1, 0.15) is 21.8 Å². The second-order valence-corrected chi connectivity index (χ2v) is 6.33. The molecule has 1 aliphatic rings. The van der Waals surface area contributed by atoms with Gasteiger partial charge in [0, 0.05) is 17.6 Å². The molecule has 7 heteroatoms. The van der Waals surface area contributed by atoms with Crippen molar-refractivity contribution in [1.82, 2.24) is 5.16 Å². The number of ether oxygens (including phenoxy) is 1. The van der Waals surface area contributed by atoms with Crippen LogP contribution in [0.3, 0.4) is 0 Å². The molecule has 0 bridgehead atoms. The Bertz CT molecular complexity index is 704. The smallest absolute Gasteiger partial charge is 0.261 e. The zero-order valence-corrected chi connectivity index (χ0v) is 14.6. The van der Waals surface area contributed by atoms with Crippen molar-refractivity contribution < 1.29 is 14.1 Å². The molecule has 122 valence electrons. The van der Waals surface area contributed by atoms with E-state index in [1.54, 1.807) is 13.8 Å². The van der Waals surface area contributed by atoms with Crippen molar-refractivity contribution in [1.29, 1.82) is 0 Å². The number of nitrogens with one attached hydrogen (secondary N) is 1. The zero-order chi connectivity index (χ0) is 16.4. The molecule has 0 unspecified atom stereocenters. The Morgan fingerprint density at radius 3 is 2.70 bits per heavy atom. The molecule has 1 fully saturated rings. The van der Waals surface area contributed by atoms with Crippen LogP contribution >= 0.6 is 15.9 Å². The third-order valence-corrected chi connectivity index (χ3v) is 4.31. The van der Waals surface area contributed by atoms with E-state index in [1.165, 1.54) is 0 Å². The Kier molecular flexibility index (Phi) is 4.68. The van der Waals surface area contributed by atoms with Crippen LogP contribution in [0, 0.1) is 13.8 Å². The molecule has 2 aromatic rings. The molecule has 6 nitrogen and oxygen atoms in total. The topological polar surface area (TPSA) is 67.6 Å². The van der Waals surface area contributed by atoms with E-state index in [1.807, 2.05) is 18.2 Å². The largest absolute Gasteiger partial charge is 0.378 e. The number of hydrogen-bond donors (Lipinski definition) is 1. The Balaban J connectivity index is 1.89. The molecular weight excluding hydrogens is 362 g/mol. The van der Waals surface area contributed by atoms with Gasteiger partial charge in [-0.3, -0.25) is 4.79 Å². The SMILES string of the molecule is Cc1noc(C)c1C(=O)Nc1cc(Br)ccc1N1CCOCC1. The molecule has 2 heterocycles. The van der Waals surface area contributed by atoms with Gasteiger partial charge in [0.1, 0.15) is 11.3 Å². The van der Waals surface area contributed by atoms with Gasteiger partial charge in [0.05, 0.1) is 30.3 Å². The van der Waals surface area contributed by atoms with Crippen LogP contribution in [0.15, 0.2) is 27.2 Å². The standard InChI is InChI=1S/C16H18BrN3O3/c1-10-15(11(2)23-19-10)16(21)18-13-9-12(17)3-4-14(13)20-5-7-22-8-6-20/h3-4,9H,5-8H2,1-2H3,(H,18,21). The monoisotopic (exact) mass is 379 g/mol. The van der Waals surface area contributed by atoms with Crippen molar-refractivity contribution in [2.24, 2.45) is 0 Å². The second kappa shape index (κ2) is 6.72. The maximum Gasteiger partial charge on any atom is 0.261 e. The Labute approximate surface area is 142 Å². The van der Waals surface area contributed by atoms with E-state index < -0.39 is 0 Å². The summed E-state index contributed by atoms with van der Waals surface area (Å²) in [6, 6.07) is 5.87. The lowest BCUT2D eigenvalue weighted by molar-refractivity contribution is 0.102. The summed E-state index contributed by atoms with van der Waals surface area (Å²) in [5, 5.41) is 6.82. The van der Waals surface area contributed by atoms with E-state index in [9.17, 15) is 4.79 Å². The number of carbonyl (C=O) groups is 1. The van der Waals surface area contributed by atoms with Crippen LogP contribution in [0.25, 0.3) is 0 Å². The summed E-state index contributed by atoms with van der Waals surface area (Å²) in [5.74, 6) is 0.303. The van der Waals surface area contributed by atoms with E-state index in [-0.39, 0.29) is 5.91 Å². The molecule has 1 amide bonds. The van der Waals surface area contributed by atoms with Gasteiger partial charge >= 0.3 is 0 Å². The molecule has 0 saturated carbocycles. The van der Waals surface area contributed by atoms with Gasteiger partial charge in [-0.1, -0.05) is 21.1 Å². The minimum atomic E-state index is -0.214. The average Bonchev–Trinajstić information content (AvgIpc) is 2.87. The molecular formula is C16H18BrN3O3. The first-order chi connectivity index (χ1) is 11.1. The Hall–Kier alpha value is -1.86. The predicted octanol–water partition coefficient (Wildman–Crippen LogP) is 3.14. The molecule has 1 aromatic carbocycles. The lowest BCUT2D eigenvalue weighted by Crippen LogP contribution is -2.36. The van der Waals surface area contributed by atoms with Crippen LogP contribution in [0.2, 0.25) is 0 Å². The average molecular weight is 380 g/mol. The second-order valence-electron chi connectivity index (χ2n) is 5.41. The highest BCUT2D eigenvalue weighted by Gasteiger charge is 2.21. The van der Waals surface area contributed by atoms with E-state index in [0.717, 1.165) is 28.9 Å². The summed E-state index contributed by atoms with van der Waals surface area (Å²) >= 11 is 3.46. The van der Waals surface area contributed by atoms with Crippen LogP contribution in [0.5, 0.6) is 0 Å². The molecule has 1 aliphatic heterocycles. The number of nitrogens with zero attached hydrogens (tertiary/aromatic N) is 2. The van der Waals surface area contributed by atoms with E-state index in [0.29, 0.717) is 30.2 Å². The number of carbonyl (C=O) groups excluding carboxylic acids is 1. The lowest BCUT2D eigenvalue weighted by atomic mass is 10.1. The molecule has 23 heavy (non-hydrogen) atoms. The first-order valence-corrected chi connectivity index (χ1v) is 8.22. The summed E-state index contributed by atoms with van der Waals surface area (Å²) in [5.41, 5.74) is 2.81. The summed E-state index contributed by atoms with van der Waals surface area (Å²) in [7, 11) is 0. The van der Waals surface area contributed by atoms with Crippen LogP contribution in [-0.2, 0) is 4.74 Å². The highest BCUT2D eigenvalue weighted by molar-refractivity contribution is 9.10. The fourth-order valence-corrected chi connectivity index (χ4v) is 3.04. The maximum absolute atomic E-state index is 12.6. The lowest BCUT2D eigenvalue weighted by Gasteiger charge is -2.30. The molecule has 1 N–H and O–H groups in total. The fraction of sp³-hybridized carbons (Fsp3) is 0.375. The third kappa shape index (κ3) is 3.40. The van der Waals surface area contributed by atoms with Gasteiger partial charge in [-0.15, -0.1) is 0 Å². The number of anilines is 2. The first kappa shape index (κ1) is 16.0. The number of amides is 1. The minimum absolute atomic E-state index is 0.214. The van der Waals surface area contributed by atoms with Crippen molar-refractivity contribution in [3.8, 4) is 0 Å². The van der Waals surface area contributed by atoms with E-state index >= 15 is 0 Å². The van der Waals surface area contributed by atoms with Crippen LogP contribution < -0.4 is 10.2 Å². The zero-order valence-electron chi connectivity index (χ0n) is 13.1. The number of aromatic nitrogens is 1. The van der Waals surface area contributed by atoms with Crippen molar-refractivity contribution >= 4 is 33.2 Å². The van der Waals surface area contributed by atoms with Crippen molar-refractivity contribution in [3.63, 3.8) is 0 Å². The summed E-state index contributed by atoms with van der Waals surface area (Å²) < 4.78 is 11.4. The Morgan fingerprint density at radius 2 is 2.04 bits per heavy atom. The molecule has 0 atom stereocenters. The Morgan fingerprint density at radius 1 is 1.30 bits per heavy atom. The highest BCUT2D eigenvalue weighted by atomic mass is 79.9. The number of rotatable bonds is 3. The normalized spacial score (nSPS) is 14.8. The number of benzene rings is 1. The van der Waals surface area contributed by atoms with Gasteiger partial charge in [0.25, 0.3) is 5.91 Å². The summed E-state index contributed by atoms with van der Waals surface area (Å²) in [4.78, 5) is 14.8. The summed E-state index contributed by atoms with van der Waals surface area (Å²) in [6.07, 6.45) is 0. The molecule has 0 spiro atoms. The van der Waals surface area contributed by atoms with Crippen LogP contribution in [-0.4, -0.2) is 37.4 Å². The third-order valence-electron chi connectivity index (χ3n) is 3.82. The summed E-state index contributed by atoms with van der Waals surface area (Å²) in [6.45, 7) is 6.47. The minimum Gasteiger partial charge on any atom is -0.378 e. The van der Waals surface area contributed by atoms with Gasteiger partial charge in [0.15, 0.2) is 0 Å². The maximum atomic E-state index is 12.6. The predicted molar refractivity (Wildman–Crippen MR) is 91.1 cm³/mol. The van der Waals surface area contributed by atoms with E-state index in [2.05, 4.69) is 31.3 Å². The van der Waals surface area contributed by atoms with Crippen molar-refractivity contribution in [2.45, 2.75) is 13.8 Å². The fourth-order valence-electron chi connectivity index (χ4n) is 2.68. The molecule has 0 radical (unpaired) electrons. The number of morpholine rings is 1. The molecule has 3 rings (SSSR count). The van der Waals surface area contributed by atoms with Gasteiger partial charge in [0.2, 0.25) is 0 Å². The van der Waals surface area contributed by atoms with Gasteiger partial charge < -0.3 is 19.5 Å². The number of aryl methyl sites for hydroxylation is 2. The number of halogens is 1. The highest BCUT2D eigenvalue weighted by Crippen LogP contribution is 2.30. The molecule has 0 aliphatic carbocycles. The number of hydrogen-bond acceptors (Lipinski definition) is 5. The van der Waals surface area contributed by atoms with Crippen molar-refractivity contribution in [3.05, 3.63) is 39.7 Å².